The third kappa shape index (κ3) is 2.11. The minimum atomic E-state index is -0.653. The number of carbonyl (C=O) groups excluding carboxylic acids is 2. The Morgan fingerprint density at radius 3 is 2.56 bits per heavy atom. The van der Waals surface area contributed by atoms with Gasteiger partial charge in [-0.25, -0.2) is 4.99 Å². The van der Waals surface area contributed by atoms with Crippen LogP contribution in [0.2, 0.25) is 0 Å². The lowest BCUT2D eigenvalue weighted by Crippen LogP contribution is -2.26. The van der Waals surface area contributed by atoms with Crippen LogP contribution < -0.4 is 10.6 Å². The van der Waals surface area contributed by atoms with Crippen molar-refractivity contribution in [3.8, 4) is 0 Å². The van der Waals surface area contributed by atoms with Crippen LogP contribution in [-0.2, 0) is 9.59 Å². The number of hydrogen-bond acceptors (Lipinski definition) is 4. The second-order valence-electron chi connectivity index (χ2n) is 3.33. The van der Waals surface area contributed by atoms with Gasteiger partial charge < -0.3 is 0 Å². The van der Waals surface area contributed by atoms with Gasteiger partial charge in [0.1, 0.15) is 0 Å². The topological polar surface area (TPSA) is 70.6 Å². The highest BCUT2D eigenvalue weighted by Crippen LogP contribution is 2.25. The smallest absolute Gasteiger partial charge is 0.288 e. The summed E-state index contributed by atoms with van der Waals surface area (Å²) in [6, 6.07) is 3.92. The fourth-order valence-electron chi connectivity index (χ4n) is 1.42. The highest BCUT2D eigenvalue weighted by molar-refractivity contribution is 7.10. The van der Waals surface area contributed by atoms with E-state index in [0.717, 1.165) is 11.3 Å². The molecule has 0 bridgehead atoms. The summed E-state index contributed by atoms with van der Waals surface area (Å²) in [6.07, 6.45) is 0.815. The number of nitrogens with one attached hydrogen (secondary N) is 2. The standard InChI is InChI=1S/C10H11N3O2S/c1-2-6(7-4-3-5-16-7)11-10-12-8(14)9(15)13-10/h3-6H,2H2,1H3,(H2,11,12,13,14,15). The molecule has 0 saturated carbocycles. The second kappa shape index (κ2) is 4.44. The molecule has 1 aromatic heterocycles. The first-order chi connectivity index (χ1) is 7.70. The predicted molar refractivity (Wildman–Crippen MR) is 61.1 cm³/mol. The number of thiophene rings is 1. The monoisotopic (exact) mass is 237 g/mol. The first kappa shape index (κ1) is 10.8. The van der Waals surface area contributed by atoms with Crippen LogP contribution >= 0.6 is 11.3 Å². The summed E-state index contributed by atoms with van der Waals surface area (Å²) in [4.78, 5) is 27.3. The van der Waals surface area contributed by atoms with Crippen molar-refractivity contribution in [2.45, 2.75) is 19.4 Å². The Morgan fingerprint density at radius 1 is 1.38 bits per heavy atom. The van der Waals surface area contributed by atoms with E-state index < -0.39 is 11.8 Å². The first-order valence-corrected chi connectivity index (χ1v) is 5.82. The summed E-state index contributed by atoms with van der Waals surface area (Å²) in [7, 11) is 0. The number of amides is 2. The molecule has 0 aromatic carbocycles. The first-order valence-electron chi connectivity index (χ1n) is 4.94. The van der Waals surface area contributed by atoms with Crippen LogP contribution in [0.5, 0.6) is 0 Å². The van der Waals surface area contributed by atoms with E-state index in [1.165, 1.54) is 0 Å². The molecular weight excluding hydrogens is 226 g/mol. The number of carbonyl (C=O) groups is 2. The molecule has 16 heavy (non-hydrogen) atoms. The van der Waals surface area contributed by atoms with Gasteiger partial charge in [0.05, 0.1) is 6.04 Å². The fourth-order valence-corrected chi connectivity index (χ4v) is 2.27. The van der Waals surface area contributed by atoms with Gasteiger partial charge in [-0.15, -0.1) is 11.3 Å². The average molecular weight is 237 g/mol. The molecule has 2 amide bonds. The SMILES string of the molecule is CCC(N=C1NC(=O)C(=O)N1)c1cccs1. The largest absolute Gasteiger partial charge is 0.316 e. The molecule has 1 atom stereocenters. The zero-order valence-corrected chi connectivity index (χ0v) is 9.50. The number of nitrogens with zero attached hydrogens (tertiary/aromatic N) is 1. The number of guanidine groups is 1. The van der Waals surface area contributed by atoms with Gasteiger partial charge in [0, 0.05) is 4.88 Å². The molecule has 84 valence electrons. The van der Waals surface area contributed by atoms with E-state index in [0.29, 0.717) is 0 Å². The van der Waals surface area contributed by atoms with Gasteiger partial charge in [-0.05, 0) is 17.9 Å². The maximum absolute atomic E-state index is 10.9. The molecule has 1 aliphatic heterocycles. The summed E-state index contributed by atoms with van der Waals surface area (Å²) < 4.78 is 0. The summed E-state index contributed by atoms with van der Waals surface area (Å²) in [5.74, 6) is -1.06. The van der Waals surface area contributed by atoms with E-state index in [-0.39, 0.29) is 12.0 Å². The Balaban J connectivity index is 2.16. The van der Waals surface area contributed by atoms with Crippen molar-refractivity contribution in [2.75, 3.05) is 0 Å². The molecule has 0 radical (unpaired) electrons. The van der Waals surface area contributed by atoms with Gasteiger partial charge in [0.15, 0.2) is 0 Å². The molecule has 2 heterocycles. The van der Waals surface area contributed by atoms with Crippen molar-refractivity contribution in [1.29, 1.82) is 0 Å². The third-order valence-electron chi connectivity index (χ3n) is 2.21. The molecule has 1 saturated heterocycles. The lowest BCUT2D eigenvalue weighted by atomic mass is 10.2. The Bertz CT molecular complexity index is 421. The van der Waals surface area contributed by atoms with Gasteiger partial charge in [-0.3, -0.25) is 20.2 Å². The van der Waals surface area contributed by atoms with Crippen molar-refractivity contribution in [3.05, 3.63) is 22.4 Å². The third-order valence-corrected chi connectivity index (χ3v) is 3.19. The van der Waals surface area contributed by atoms with E-state index >= 15 is 0 Å². The molecule has 2 rings (SSSR count). The van der Waals surface area contributed by atoms with E-state index in [4.69, 9.17) is 0 Å². The molecule has 1 fully saturated rings. The Labute approximate surface area is 96.6 Å². The lowest BCUT2D eigenvalue weighted by Gasteiger charge is -2.08. The van der Waals surface area contributed by atoms with E-state index in [1.807, 2.05) is 24.4 Å². The summed E-state index contributed by atoms with van der Waals surface area (Å²) in [6.45, 7) is 2.01. The maximum atomic E-state index is 10.9. The van der Waals surface area contributed by atoms with Crippen molar-refractivity contribution in [1.82, 2.24) is 10.6 Å². The highest BCUT2D eigenvalue weighted by atomic mass is 32.1. The molecular formula is C10H11N3O2S. The van der Waals surface area contributed by atoms with Crippen LogP contribution in [0.3, 0.4) is 0 Å². The molecule has 6 heteroatoms. The zero-order chi connectivity index (χ0) is 11.5. The Kier molecular flexibility index (Phi) is 3.00. The van der Waals surface area contributed by atoms with Gasteiger partial charge in [0.25, 0.3) is 0 Å². The lowest BCUT2D eigenvalue weighted by molar-refractivity contribution is -0.135. The number of aliphatic imine (C=N–C) groups is 1. The van der Waals surface area contributed by atoms with E-state index in [1.54, 1.807) is 11.3 Å². The quantitative estimate of drug-likeness (QED) is 0.763. The average Bonchev–Trinajstić information content (AvgIpc) is 2.86. The van der Waals surface area contributed by atoms with E-state index in [2.05, 4.69) is 15.6 Å². The van der Waals surface area contributed by atoms with Crippen molar-refractivity contribution in [3.63, 3.8) is 0 Å². The number of hydrogen-bond donors (Lipinski definition) is 2. The van der Waals surface area contributed by atoms with Crippen molar-refractivity contribution in [2.24, 2.45) is 4.99 Å². The minimum absolute atomic E-state index is 0.0197. The summed E-state index contributed by atoms with van der Waals surface area (Å²) >= 11 is 1.61. The van der Waals surface area contributed by atoms with Crippen LogP contribution in [0.25, 0.3) is 0 Å². The van der Waals surface area contributed by atoms with Crippen LogP contribution in [-0.4, -0.2) is 17.8 Å². The Morgan fingerprint density at radius 2 is 2.06 bits per heavy atom. The molecule has 0 spiro atoms. The molecule has 1 aliphatic rings. The molecule has 2 N–H and O–H groups in total. The highest BCUT2D eigenvalue weighted by Gasteiger charge is 2.26. The van der Waals surface area contributed by atoms with Crippen LogP contribution in [0.15, 0.2) is 22.5 Å². The zero-order valence-electron chi connectivity index (χ0n) is 8.69. The van der Waals surface area contributed by atoms with Crippen molar-refractivity contribution >= 4 is 29.1 Å². The maximum Gasteiger partial charge on any atom is 0.316 e. The van der Waals surface area contributed by atoms with Gasteiger partial charge in [-0.2, -0.15) is 0 Å². The molecule has 1 aromatic rings. The van der Waals surface area contributed by atoms with Gasteiger partial charge >= 0.3 is 11.8 Å². The normalized spacial score (nSPS) is 16.9. The summed E-state index contributed by atoms with van der Waals surface area (Å²) in [5.41, 5.74) is 0. The Hall–Kier alpha value is -1.69. The minimum Gasteiger partial charge on any atom is -0.288 e. The van der Waals surface area contributed by atoms with Crippen LogP contribution in [0.1, 0.15) is 24.3 Å². The number of rotatable bonds is 3. The van der Waals surface area contributed by atoms with Crippen LogP contribution in [0.4, 0.5) is 0 Å². The molecule has 0 aliphatic carbocycles. The fraction of sp³-hybridized carbons (Fsp3) is 0.300. The summed E-state index contributed by atoms with van der Waals surface area (Å²) in [5, 5.41) is 6.75. The van der Waals surface area contributed by atoms with Gasteiger partial charge in [0.2, 0.25) is 5.96 Å². The van der Waals surface area contributed by atoms with E-state index in [9.17, 15) is 9.59 Å². The second-order valence-corrected chi connectivity index (χ2v) is 4.30. The van der Waals surface area contributed by atoms with Crippen LogP contribution in [0, 0.1) is 0 Å². The molecule has 1 unspecified atom stereocenters. The predicted octanol–water partition coefficient (Wildman–Crippen LogP) is 0.801. The van der Waals surface area contributed by atoms with Gasteiger partial charge in [-0.1, -0.05) is 13.0 Å². The molecule has 5 nitrogen and oxygen atoms in total. The van der Waals surface area contributed by atoms with Crippen molar-refractivity contribution < 1.29 is 9.59 Å².